The maximum atomic E-state index is 13.6. The third kappa shape index (κ3) is 8.43. The highest BCUT2D eigenvalue weighted by molar-refractivity contribution is 7.92. The highest BCUT2D eigenvalue weighted by Crippen LogP contribution is 2.23. The molecular formula is C25H34ClN3O5S. The molecule has 0 saturated heterocycles. The Labute approximate surface area is 213 Å². The molecule has 2 aromatic carbocycles. The van der Waals surface area contributed by atoms with Gasteiger partial charge in [-0.25, -0.2) is 8.42 Å². The topological polar surface area (TPSA) is 96.0 Å². The van der Waals surface area contributed by atoms with Crippen LogP contribution in [0.5, 0.6) is 5.75 Å². The number of sulfonamides is 1. The predicted octanol–water partition coefficient (Wildman–Crippen LogP) is 3.69. The van der Waals surface area contributed by atoms with Gasteiger partial charge in [-0.15, -0.1) is 0 Å². The molecule has 2 rings (SSSR count). The summed E-state index contributed by atoms with van der Waals surface area (Å²) in [6.07, 6.45) is 1.38. The summed E-state index contributed by atoms with van der Waals surface area (Å²) in [5, 5.41) is 3.24. The molecule has 0 heterocycles. The van der Waals surface area contributed by atoms with Crippen LogP contribution in [-0.2, 0) is 26.2 Å². The van der Waals surface area contributed by atoms with Crippen molar-refractivity contribution in [2.24, 2.45) is 5.92 Å². The molecule has 2 aromatic rings. The minimum Gasteiger partial charge on any atom is -0.497 e. The number of anilines is 1. The number of benzene rings is 2. The zero-order chi connectivity index (χ0) is 26.2. The Balaban J connectivity index is 2.44. The molecule has 0 saturated carbocycles. The van der Waals surface area contributed by atoms with Crippen LogP contribution in [-0.4, -0.2) is 57.6 Å². The number of nitrogens with one attached hydrogen (secondary N) is 1. The van der Waals surface area contributed by atoms with E-state index >= 15 is 0 Å². The van der Waals surface area contributed by atoms with Gasteiger partial charge >= 0.3 is 0 Å². The molecule has 0 aliphatic rings. The Morgan fingerprint density at radius 2 is 1.80 bits per heavy atom. The van der Waals surface area contributed by atoms with Gasteiger partial charge < -0.3 is 15.0 Å². The first-order chi connectivity index (χ1) is 16.5. The molecule has 0 radical (unpaired) electrons. The number of hydrogen-bond acceptors (Lipinski definition) is 5. The summed E-state index contributed by atoms with van der Waals surface area (Å²) in [6.45, 7) is 5.88. The molecule has 1 atom stereocenters. The van der Waals surface area contributed by atoms with Crippen molar-refractivity contribution in [1.82, 2.24) is 10.2 Å². The maximum absolute atomic E-state index is 13.6. The minimum atomic E-state index is -3.81. The number of amides is 2. The number of hydrogen-bond donors (Lipinski definition) is 1. The lowest BCUT2D eigenvalue weighted by Gasteiger charge is -2.33. The summed E-state index contributed by atoms with van der Waals surface area (Å²) in [5.74, 6) is 0.0577. The van der Waals surface area contributed by atoms with Gasteiger partial charge in [0.1, 0.15) is 18.3 Å². The van der Waals surface area contributed by atoms with Crippen molar-refractivity contribution in [2.45, 2.75) is 39.8 Å². The van der Waals surface area contributed by atoms with E-state index in [2.05, 4.69) is 5.32 Å². The fourth-order valence-corrected chi connectivity index (χ4v) is 4.58. The Hall–Kier alpha value is -2.78. The molecule has 0 fully saturated rings. The van der Waals surface area contributed by atoms with Gasteiger partial charge in [-0.1, -0.05) is 50.6 Å². The zero-order valence-electron chi connectivity index (χ0n) is 20.8. The first-order valence-electron chi connectivity index (χ1n) is 11.4. The van der Waals surface area contributed by atoms with Crippen molar-refractivity contribution in [2.75, 3.05) is 30.8 Å². The van der Waals surface area contributed by atoms with Crippen LogP contribution in [0.3, 0.4) is 0 Å². The Bertz CT molecular complexity index is 1120. The van der Waals surface area contributed by atoms with Crippen LogP contribution in [0.4, 0.5) is 5.69 Å². The number of methoxy groups -OCH3 is 1. The van der Waals surface area contributed by atoms with Crippen LogP contribution in [0.25, 0.3) is 0 Å². The Morgan fingerprint density at radius 1 is 1.11 bits per heavy atom. The summed E-state index contributed by atoms with van der Waals surface area (Å²) >= 11 is 6.07. The monoisotopic (exact) mass is 523 g/mol. The van der Waals surface area contributed by atoms with Crippen molar-refractivity contribution in [1.29, 1.82) is 0 Å². The average molecular weight is 524 g/mol. The van der Waals surface area contributed by atoms with Gasteiger partial charge in [0.05, 0.1) is 19.1 Å². The van der Waals surface area contributed by atoms with Crippen molar-refractivity contribution in [3.8, 4) is 5.75 Å². The number of rotatable bonds is 12. The predicted molar refractivity (Wildman–Crippen MR) is 139 cm³/mol. The first kappa shape index (κ1) is 28.5. The van der Waals surface area contributed by atoms with E-state index in [4.69, 9.17) is 16.3 Å². The van der Waals surface area contributed by atoms with Crippen LogP contribution >= 0.6 is 11.6 Å². The molecule has 1 N–H and O–H groups in total. The summed E-state index contributed by atoms with van der Waals surface area (Å²) in [5.41, 5.74) is 1.02. The van der Waals surface area contributed by atoms with Crippen LogP contribution < -0.4 is 14.4 Å². The van der Waals surface area contributed by atoms with E-state index in [1.165, 1.54) is 11.0 Å². The van der Waals surface area contributed by atoms with E-state index in [0.717, 1.165) is 16.1 Å². The number of carbonyl (C=O) groups excluding carboxylic acids is 2. The zero-order valence-corrected chi connectivity index (χ0v) is 22.4. The molecule has 0 bridgehead atoms. The molecule has 35 heavy (non-hydrogen) atoms. The van der Waals surface area contributed by atoms with E-state index in [1.54, 1.807) is 43.5 Å². The molecule has 0 spiro atoms. The van der Waals surface area contributed by atoms with Crippen molar-refractivity contribution in [3.63, 3.8) is 0 Å². The van der Waals surface area contributed by atoms with Crippen LogP contribution in [0, 0.1) is 5.92 Å². The Morgan fingerprint density at radius 3 is 2.37 bits per heavy atom. The number of ether oxygens (including phenoxy) is 1. The number of carbonyl (C=O) groups is 2. The van der Waals surface area contributed by atoms with Crippen molar-refractivity contribution >= 4 is 39.1 Å². The fourth-order valence-electron chi connectivity index (χ4n) is 3.55. The molecule has 0 aliphatic heterocycles. The molecule has 192 valence electrons. The Kier molecular flexibility index (Phi) is 10.4. The van der Waals surface area contributed by atoms with Gasteiger partial charge in [0.2, 0.25) is 21.8 Å². The summed E-state index contributed by atoms with van der Waals surface area (Å²) < 4.78 is 31.5. The lowest BCUT2D eigenvalue weighted by atomic mass is 10.1. The molecular weight excluding hydrogens is 490 g/mol. The number of nitrogens with zero attached hydrogens (tertiary/aromatic N) is 2. The second-order valence-corrected chi connectivity index (χ2v) is 11.0. The van der Waals surface area contributed by atoms with Crippen LogP contribution in [0.15, 0.2) is 48.5 Å². The normalized spacial score (nSPS) is 12.2. The van der Waals surface area contributed by atoms with E-state index < -0.39 is 28.5 Å². The van der Waals surface area contributed by atoms with Crippen molar-refractivity contribution < 1.29 is 22.7 Å². The van der Waals surface area contributed by atoms with Crippen molar-refractivity contribution in [3.05, 3.63) is 59.1 Å². The molecule has 0 aliphatic carbocycles. The van der Waals surface area contributed by atoms with E-state index in [9.17, 15) is 18.0 Å². The highest BCUT2D eigenvalue weighted by atomic mass is 35.5. The average Bonchev–Trinajstić information content (AvgIpc) is 2.80. The van der Waals surface area contributed by atoms with Crippen LogP contribution in [0.2, 0.25) is 5.02 Å². The minimum absolute atomic E-state index is 0.108. The maximum Gasteiger partial charge on any atom is 0.244 e. The second kappa shape index (κ2) is 12.8. The molecule has 8 nitrogen and oxygen atoms in total. The lowest BCUT2D eigenvalue weighted by molar-refractivity contribution is -0.140. The van der Waals surface area contributed by atoms with E-state index in [1.807, 2.05) is 26.8 Å². The molecule has 10 heteroatoms. The highest BCUT2D eigenvalue weighted by Gasteiger charge is 2.31. The largest absolute Gasteiger partial charge is 0.497 e. The first-order valence-corrected chi connectivity index (χ1v) is 13.6. The smallest absolute Gasteiger partial charge is 0.244 e. The third-order valence-electron chi connectivity index (χ3n) is 5.33. The van der Waals surface area contributed by atoms with Gasteiger partial charge in [0.25, 0.3) is 0 Å². The number of halogens is 1. The lowest BCUT2D eigenvalue weighted by Crippen LogP contribution is -2.52. The summed E-state index contributed by atoms with van der Waals surface area (Å²) in [6, 6.07) is 12.7. The van der Waals surface area contributed by atoms with Gasteiger partial charge in [0.15, 0.2) is 0 Å². The van der Waals surface area contributed by atoms with E-state index in [-0.39, 0.29) is 24.1 Å². The van der Waals surface area contributed by atoms with Gasteiger partial charge in [0, 0.05) is 18.1 Å². The molecule has 2 amide bonds. The SMILES string of the molecule is CC[C@@H](C(=O)NCC(C)C)N(Cc1cccc(OC)c1)C(=O)CN(c1cccc(Cl)c1)S(C)(=O)=O. The third-order valence-corrected chi connectivity index (χ3v) is 6.71. The van der Waals surface area contributed by atoms with E-state index in [0.29, 0.717) is 23.7 Å². The quantitative estimate of drug-likeness (QED) is 0.457. The molecule has 0 aromatic heterocycles. The van der Waals surface area contributed by atoms with Crippen LogP contribution in [0.1, 0.15) is 32.8 Å². The second-order valence-electron chi connectivity index (χ2n) is 8.69. The summed E-state index contributed by atoms with van der Waals surface area (Å²) in [4.78, 5) is 28.1. The molecule has 0 unspecified atom stereocenters. The standard InChI is InChI=1S/C25H34ClN3O5S/c1-6-23(25(31)27-15-18(2)3)28(16-19-9-7-12-22(13-19)34-4)24(30)17-29(35(5,32)33)21-11-8-10-20(26)14-21/h7-14,18,23H,6,15-17H2,1-5H3,(H,27,31)/t23-/m0/s1. The summed E-state index contributed by atoms with van der Waals surface area (Å²) in [7, 11) is -2.27. The van der Waals surface area contributed by atoms with Gasteiger partial charge in [-0.05, 0) is 48.2 Å². The van der Waals surface area contributed by atoms with Gasteiger partial charge in [-0.2, -0.15) is 0 Å². The fraction of sp³-hybridized carbons (Fsp3) is 0.440. The van der Waals surface area contributed by atoms with Gasteiger partial charge in [-0.3, -0.25) is 13.9 Å².